The summed E-state index contributed by atoms with van der Waals surface area (Å²) in [6.45, 7) is 10.5. The molecule has 32 heavy (non-hydrogen) atoms. The number of hydrogen-bond acceptors (Lipinski definition) is 4. The Morgan fingerprint density at radius 1 is 0.938 bits per heavy atom. The fraction of sp³-hybridized carbons (Fsp3) is 0.440. The number of carbonyl (C=O) groups excluding carboxylic acids is 2. The van der Waals surface area contributed by atoms with E-state index in [1.54, 1.807) is 4.90 Å². The van der Waals surface area contributed by atoms with Crippen LogP contribution in [-0.2, 0) is 11.2 Å². The number of rotatable bonds is 5. The molecular formula is C25H34N4O3. The summed E-state index contributed by atoms with van der Waals surface area (Å²) in [4.78, 5) is 28.6. The number of hydrogen-bond donors (Lipinski definition) is 2. The number of urea groups is 1. The van der Waals surface area contributed by atoms with Crippen LogP contribution in [0.4, 0.5) is 26.7 Å². The van der Waals surface area contributed by atoms with E-state index in [2.05, 4.69) is 22.5 Å². The van der Waals surface area contributed by atoms with Crippen molar-refractivity contribution in [1.29, 1.82) is 0 Å². The highest BCUT2D eigenvalue weighted by Gasteiger charge is 2.25. The summed E-state index contributed by atoms with van der Waals surface area (Å²) in [6.07, 6.45) is 1.68. The van der Waals surface area contributed by atoms with Gasteiger partial charge >= 0.3 is 12.1 Å². The second-order valence-electron chi connectivity index (χ2n) is 8.99. The van der Waals surface area contributed by atoms with Crippen LogP contribution in [0.15, 0.2) is 48.5 Å². The van der Waals surface area contributed by atoms with E-state index in [4.69, 9.17) is 4.74 Å². The van der Waals surface area contributed by atoms with Crippen LogP contribution in [0.25, 0.3) is 0 Å². The first kappa shape index (κ1) is 23.4. The van der Waals surface area contributed by atoms with Crippen LogP contribution in [0, 0.1) is 0 Å². The average Bonchev–Trinajstić information content (AvgIpc) is 2.75. The third-order valence-electron chi connectivity index (χ3n) is 5.21. The van der Waals surface area contributed by atoms with Crippen molar-refractivity contribution in [3.8, 4) is 0 Å². The standard InChI is InChI=1S/C25H34N4O3/c1-5-8-19-9-6-7-10-22(19)27-23(30)26-20-11-13-21(14-12-20)28-15-17-29(18-16-28)24(31)32-25(2,3)4/h6-7,9-14H,5,8,15-18H2,1-4H3,(H2,26,27,30). The molecule has 1 aliphatic rings. The number of nitrogens with one attached hydrogen (secondary N) is 2. The SMILES string of the molecule is CCCc1ccccc1NC(=O)Nc1ccc(N2CCN(C(=O)OC(C)(C)C)CC2)cc1. The van der Waals surface area contributed by atoms with E-state index in [-0.39, 0.29) is 12.1 Å². The van der Waals surface area contributed by atoms with E-state index in [0.29, 0.717) is 13.1 Å². The van der Waals surface area contributed by atoms with E-state index in [0.717, 1.165) is 48.6 Å². The fourth-order valence-corrected chi connectivity index (χ4v) is 3.64. The molecule has 1 aliphatic heterocycles. The molecule has 3 rings (SSSR count). The number of ether oxygens (including phenoxy) is 1. The van der Waals surface area contributed by atoms with Gasteiger partial charge in [0.1, 0.15) is 5.60 Å². The molecule has 7 heteroatoms. The third-order valence-corrected chi connectivity index (χ3v) is 5.21. The Morgan fingerprint density at radius 3 is 2.22 bits per heavy atom. The lowest BCUT2D eigenvalue weighted by Crippen LogP contribution is -2.50. The zero-order valence-electron chi connectivity index (χ0n) is 19.5. The van der Waals surface area contributed by atoms with Crippen molar-refractivity contribution in [2.45, 2.75) is 46.1 Å². The number of carbonyl (C=O) groups is 2. The Bertz CT molecular complexity index is 914. The molecule has 0 bridgehead atoms. The van der Waals surface area contributed by atoms with Gasteiger partial charge in [0.2, 0.25) is 0 Å². The topological polar surface area (TPSA) is 73.9 Å². The molecule has 2 aromatic carbocycles. The van der Waals surface area contributed by atoms with Gasteiger partial charge in [0.25, 0.3) is 0 Å². The molecule has 3 amide bonds. The number of aryl methyl sites for hydroxylation is 1. The lowest BCUT2D eigenvalue weighted by Gasteiger charge is -2.36. The number of amides is 3. The van der Waals surface area contributed by atoms with E-state index in [1.165, 1.54) is 0 Å². The first-order chi connectivity index (χ1) is 15.2. The van der Waals surface area contributed by atoms with Crippen LogP contribution in [-0.4, -0.2) is 48.8 Å². The molecule has 1 fully saturated rings. The first-order valence-corrected chi connectivity index (χ1v) is 11.2. The van der Waals surface area contributed by atoms with Crippen LogP contribution in [0.1, 0.15) is 39.7 Å². The lowest BCUT2D eigenvalue weighted by atomic mass is 10.1. The number of anilines is 3. The lowest BCUT2D eigenvalue weighted by molar-refractivity contribution is 0.0240. The molecule has 0 aliphatic carbocycles. The second-order valence-corrected chi connectivity index (χ2v) is 8.99. The zero-order chi connectivity index (χ0) is 23.1. The Balaban J connectivity index is 1.51. The van der Waals surface area contributed by atoms with Crippen molar-refractivity contribution in [2.24, 2.45) is 0 Å². The van der Waals surface area contributed by atoms with Crippen molar-refractivity contribution in [2.75, 3.05) is 41.7 Å². The van der Waals surface area contributed by atoms with Gasteiger partial charge in [-0.2, -0.15) is 0 Å². The molecule has 2 aromatic rings. The second kappa shape index (κ2) is 10.4. The molecule has 2 N–H and O–H groups in total. The van der Waals surface area contributed by atoms with Crippen LogP contribution >= 0.6 is 0 Å². The van der Waals surface area contributed by atoms with Crippen LogP contribution in [0.2, 0.25) is 0 Å². The molecule has 1 saturated heterocycles. The van der Waals surface area contributed by atoms with Crippen molar-refractivity contribution >= 4 is 29.2 Å². The van der Waals surface area contributed by atoms with Gasteiger partial charge in [-0.15, -0.1) is 0 Å². The minimum Gasteiger partial charge on any atom is -0.444 e. The molecule has 0 spiro atoms. The Kier molecular flexibility index (Phi) is 7.62. The van der Waals surface area contributed by atoms with Crippen molar-refractivity contribution in [3.05, 3.63) is 54.1 Å². The van der Waals surface area contributed by atoms with Crippen molar-refractivity contribution < 1.29 is 14.3 Å². The summed E-state index contributed by atoms with van der Waals surface area (Å²) in [7, 11) is 0. The van der Waals surface area contributed by atoms with Gasteiger partial charge < -0.3 is 25.2 Å². The molecule has 7 nitrogen and oxygen atoms in total. The maximum Gasteiger partial charge on any atom is 0.410 e. The number of benzene rings is 2. The van der Waals surface area contributed by atoms with Crippen molar-refractivity contribution in [1.82, 2.24) is 4.90 Å². The number of para-hydroxylation sites is 1. The van der Waals surface area contributed by atoms with Gasteiger partial charge in [0.15, 0.2) is 0 Å². The number of piperazine rings is 1. The Morgan fingerprint density at radius 2 is 1.59 bits per heavy atom. The summed E-state index contributed by atoms with van der Waals surface area (Å²) < 4.78 is 5.46. The maximum atomic E-state index is 12.4. The summed E-state index contributed by atoms with van der Waals surface area (Å²) in [5, 5.41) is 5.84. The van der Waals surface area contributed by atoms with E-state index in [9.17, 15) is 9.59 Å². The van der Waals surface area contributed by atoms with Crippen LogP contribution in [0.5, 0.6) is 0 Å². The van der Waals surface area contributed by atoms with Crippen LogP contribution < -0.4 is 15.5 Å². The van der Waals surface area contributed by atoms with Gasteiger partial charge in [0, 0.05) is 43.2 Å². The largest absolute Gasteiger partial charge is 0.444 e. The Labute approximate surface area is 190 Å². The molecule has 0 atom stereocenters. The normalized spacial score (nSPS) is 14.1. The first-order valence-electron chi connectivity index (χ1n) is 11.2. The van der Waals surface area contributed by atoms with Crippen molar-refractivity contribution in [3.63, 3.8) is 0 Å². The third kappa shape index (κ3) is 6.64. The molecule has 0 radical (unpaired) electrons. The van der Waals surface area contributed by atoms with Crippen LogP contribution in [0.3, 0.4) is 0 Å². The fourth-order valence-electron chi connectivity index (χ4n) is 3.64. The van der Waals surface area contributed by atoms with E-state index in [1.807, 2.05) is 69.3 Å². The molecule has 1 heterocycles. The van der Waals surface area contributed by atoms with Gasteiger partial charge in [-0.1, -0.05) is 31.5 Å². The highest BCUT2D eigenvalue weighted by atomic mass is 16.6. The minimum absolute atomic E-state index is 0.257. The molecule has 172 valence electrons. The van der Waals surface area contributed by atoms with E-state index < -0.39 is 5.60 Å². The Hall–Kier alpha value is -3.22. The number of nitrogens with zero attached hydrogens (tertiary/aromatic N) is 2. The smallest absolute Gasteiger partial charge is 0.410 e. The van der Waals surface area contributed by atoms with Gasteiger partial charge in [-0.25, -0.2) is 9.59 Å². The molecule has 0 aromatic heterocycles. The molecular weight excluding hydrogens is 404 g/mol. The van der Waals surface area contributed by atoms with E-state index >= 15 is 0 Å². The van der Waals surface area contributed by atoms with Gasteiger partial charge in [-0.05, 0) is 63.1 Å². The highest BCUT2D eigenvalue weighted by Crippen LogP contribution is 2.21. The predicted molar refractivity (Wildman–Crippen MR) is 130 cm³/mol. The summed E-state index contributed by atoms with van der Waals surface area (Å²) in [5.74, 6) is 0. The van der Waals surface area contributed by atoms with Gasteiger partial charge in [0.05, 0.1) is 0 Å². The summed E-state index contributed by atoms with van der Waals surface area (Å²) >= 11 is 0. The maximum absolute atomic E-state index is 12.4. The molecule has 0 unspecified atom stereocenters. The predicted octanol–water partition coefficient (Wildman–Crippen LogP) is 5.34. The quantitative estimate of drug-likeness (QED) is 0.661. The molecule has 0 saturated carbocycles. The summed E-state index contributed by atoms with van der Waals surface area (Å²) in [5.41, 5.74) is 3.28. The highest BCUT2D eigenvalue weighted by molar-refractivity contribution is 6.00. The minimum atomic E-state index is -0.485. The van der Waals surface area contributed by atoms with Gasteiger partial charge in [-0.3, -0.25) is 0 Å². The monoisotopic (exact) mass is 438 g/mol. The zero-order valence-corrected chi connectivity index (χ0v) is 19.5. The average molecular weight is 439 g/mol. The summed E-state index contributed by atoms with van der Waals surface area (Å²) in [6, 6.07) is 15.4.